The number of hydrogen-bond acceptors (Lipinski definition) is 10. The van der Waals surface area contributed by atoms with Gasteiger partial charge in [0.1, 0.15) is 11.5 Å². The molecule has 0 atom stereocenters. The summed E-state index contributed by atoms with van der Waals surface area (Å²) in [4.78, 5) is 31.9. The smallest absolute Gasteiger partial charge is 0.290 e. The van der Waals surface area contributed by atoms with Gasteiger partial charge in [-0.3, -0.25) is 19.6 Å². The van der Waals surface area contributed by atoms with Gasteiger partial charge in [-0.05, 0) is 13.8 Å². The predicted molar refractivity (Wildman–Crippen MR) is 113 cm³/mol. The van der Waals surface area contributed by atoms with Gasteiger partial charge in [-0.2, -0.15) is 0 Å². The number of aliphatic hydroxyl groups is 2. The molecule has 0 aliphatic heterocycles. The summed E-state index contributed by atoms with van der Waals surface area (Å²) in [7, 11) is 1.30. The van der Waals surface area contributed by atoms with Crippen LogP contribution in [0.15, 0.2) is 12.4 Å². The van der Waals surface area contributed by atoms with E-state index in [1.165, 1.54) is 12.4 Å². The standard InChI is InChI=1S/C18H22N4O6S2/c1-9-15(25)13(11(7-23)3-19-9)5-21-17(27)29-30-18(28)22-6-14-12(8-24)4-20-10(2)16(14)26/h3-4,23-26H,5-8H2,1-2H3,(H,21,27)(H,22,28). The number of aromatic nitrogens is 2. The summed E-state index contributed by atoms with van der Waals surface area (Å²) < 4.78 is 0. The topological polar surface area (TPSA) is 165 Å². The van der Waals surface area contributed by atoms with E-state index in [0.29, 0.717) is 55.2 Å². The highest BCUT2D eigenvalue weighted by Crippen LogP contribution is 2.27. The molecule has 0 fully saturated rings. The first kappa shape index (κ1) is 23.7. The largest absolute Gasteiger partial charge is 0.506 e. The van der Waals surface area contributed by atoms with Gasteiger partial charge in [-0.1, -0.05) is 0 Å². The van der Waals surface area contributed by atoms with Crippen LogP contribution in [0.3, 0.4) is 0 Å². The third-order valence-corrected chi connectivity index (χ3v) is 6.05. The van der Waals surface area contributed by atoms with Gasteiger partial charge in [0.15, 0.2) is 0 Å². The van der Waals surface area contributed by atoms with Gasteiger partial charge < -0.3 is 31.1 Å². The lowest BCUT2D eigenvalue weighted by molar-refractivity contribution is 0.258. The molecule has 0 bridgehead atoms. The number of amides is 2. The van der Waals surface area contributed by atoms with Crippen LogP contribution in [0, 0.1) is 13.8 Å². The average molecular weight is 455 g/mol. The van der Waals surface area contributed by atoms with Gasteiger partial charge in [0.05, 0.1) is 24.6 Å². The minimum Gasteiger partial charge on any atom is -0.506 e. The van der Waals surface area contributed by atoms with Gasteiger partial charge >= 0.3 is 0 Å². The minimum absolute atomic E-state index is 0.0386. The second-order valence-corrected chi connectivity index (χ2v) is 8.23. The van der Waals surface area contributed by atoms with E-state index in [2.05, 4.69) is 20.6 Å². The molecule has 2 aromatic heterocycles. The fourth-order valence-corrected chi connectivity index (χ4v) is 3.71. The highest BCUT2D eigenvalue weighted by Gasteiger charge is 2.16. The summed E-state index contributed by atoms with van der Waals surface area (Å²) in [6.45, 7) is 2.44. The second kappa shape index (κ2) is 11.0. The molecule has 12 heteroatoms. The Labute approximate surface area is 180 Å². The molecular weight excluding hydrogens is 432 g/mol. The van der Waals surface area contributed by atoms with Crippen LogP contribution in [0.2, 0.25) is 0 Å². The molecule has 0 radical (unpaired) electrons. The molecular formula is C18H22N4O6S2. The molecule has 0 aliphatic carbocycles. The number of carbonyl (C=O) groups is 2. The van der Waals surface area contributed by atoms with E-state index in [1.54, 1.807) is 13.8 Å². The fraction of sp³-hybridized carbons (Fsp3) is 0.333. The maximum absolute atomic E-state index is 12.0. The lowest BCUT2D eigenvalue weighted by Gasteiger charge is -2.12. The van der Waals surface area contributed by atoms with Crippen LogP contribution < -0.4 is 10.6 Å². The Morgan fingerprint density at radius 3 is 1.53 bits per heavy atom. The van der Waals surface area contributed by atoms with E-state index in [9.17, 15) is 30.0 Å². The zero-order valence-electron chi connectivity index (χ0n) is 16.3. The monoisotopic (exact) mass is 454 g/mol. The van der Waals surface area contributed by atoms with Crippen LogP contribution in [-0.4, -0.2) is 40.9 Å². The number of aromatic hydroxyl groups is 2. The third kappa shape index (κ3) is 5.98. The van der Waals surface area contributed by atoms with Crippen LogP contribution in [0.5, 0.6) is 11.5 Å². The first-order valence-corrected chi connectivity index (χ1v) is 10.9. The number of aliphatic hydroxyl groups excluding tert-OH is 2. The van der Waals surface area contributed by atoms with Crippen LogP contribution in [0.25, 0.3) is 0 Å². The van der Waals surface area contributed by atoms with Crippen LogP contribution in [0.1, 0.15) is 33.6 Å². The SMILES string of the molecule is Cc1ncc(CO)c(CNC(=O)SSC(=O)NCc2c(CO)cnc(C)c2O)c1O. The Kier molecular flexibility index (Phi) is 8.72. The highest BCUT2D eigenvalue weighted by atomic mass is 33.1. The van der Waals surface area contributed by atoms with Crippen molar-refractivity contribution in [3.8, 4) is 11.5 Å². The first-order valence-electron chi connectivity index (χ1n) is 8.73. The van der Waals surface area contributed by atoms with Crippen molar-refractivity contribution in [2.24, 2.45) is 0 Å². The molecule has 0 aromatic carbocycles. The Hall–Kier alpha value is -2.54. The summed E-state index contributed by atoms with van der Waals surface area (Å²) in [6, 6.07) is 0. The van der Waals surface area contributed by atoms with E-state index in [0.717, 1.165) is 0 Å². The fourth-order valence-electron chi connectivity index (χ4n) is 2.49. The van der Waals surface area contributed by atoms with Crippen LogP contribution >= 0.6 is 21.6 Å². The summed E-state index contributed by atoms with van der Waals surface area (Å²) in [5, 5.41) is 42.9. The molecule has 2 amide bonds. The lowest BCUT2D eigenvalue weighted by atomic mass is 10.1. The van der Waals surface area contributed by atoms with Crippen LogP contribution in [-0.2, 0) is 26.3 Å². The number of rotatable bonds is 6. The van der Waals surface area contributed by atoms with Crippen molar-refractivity contribution in [1.82, 2.24) is 20.6 Å². The minimum atomic E-state index is -0.522. The predicted octanol–water partition coefficient (Wildman–Crippen LogP) is 1.99. The molecule has 6 N–H and O–H groups in total. The van der Waals surface area contributed by atoms with Crippen molar-refractivity contribution in [2.75, 3.05) is 0 Å². The third-order valence-electron chi connectivity index (χ3n) is 4.21. The lowest BCUT2D eigenvalue weighted by Crippen LogP contribution is -2.21. The number of carbonyl (C=O) groups excluding carboxylic acids is 2. The highest BCUT2D eigenvalue weighted by molar-refractivity contribution is 8.87. The van der Waals surface area contributed by atoms with E-state index < -0.39 is 10.5 Å². The number of hydrogen-bond donors (Lipinski definition) is 6. The number of aryl methyl sites for hydroxylation is 2. The Bertz CT molecular complexity index is 866. The quantitative estimate of drug-likeness (QED) is 0.355. The van der Waals surface area contributed by atoms with Gasteiger partial charge in [-0.25, -0.2) is 0 Å². The van der Waals surface area contributed by atoms with E-state index >= 15 is 0 Å². The Morgan fingerprint density at radius 1 is 0.833 bits per heavy atom. The molecule has 0 spiro atoms. The number of nitrogens with one attached hydrogen (secondary N) is 2. The van der Waals surface area contributed by atoms with Crippen molar-refractivity contribution in [1.29, 1.82) is 0 Å². The normalized spacial score (nSPS) is 10.7. The van der Waals surface area contributed by atoms with Gasteiger partial charge in [0.25, 0.3) is 10.5 Å². The molecule has 0 unspecified atom stereocenters. The van der Waals surface area contributed by atoms with E-state index in [-0.39, 0.29) is 37.8 Å². The molecule has 10 nitrogen and oxygen atoms in total. The average Bonchev–Trinajstić information content (AvgIpc) is 2.74. The molecule has 0 aliphatic rings. The Morgan fingerprint density at radius 2 is 1.20 bits per heavy atom. The summed E-state index contributed by atoms with van der Waals surface area (Å²) in [5.41, 5.74) is 2.23. The first-order chi connectivity index (χ1) is 14.3. The molecule has 2 rings (SSSR count). The van der Waals surface area contributed by atoms with Gasteiger partial charge in [0, 0.05) is 69.3 Å². The number of nitrogens with zero attached hydrogens (tertiary/aromatic N) is 2. The van der Waals surface area contributed by atoms with Crippen molar-refractivity contribution in [3.05, 3.63) is 46.0 Å². The van der Waals surface area contributed by atoms with Crippen LogP contribution in [0.4, 0.5) is 9.59 Å². The maximum Gasteiger partial charge on any atom is 0.290 e. The van der Waals surface area contributed by atoms with Gasteiger partial charge in [-0.15, -0.1) is 0 Å². The number of pyridine rings is 2. The van der Waals surface area contributed by atoms with Gasteiger partial charge in [0.2, 0.25) is 0 Å². The Balaban J connectivity index is 1.86. The molecule has 0 saturated heterocycles. The second-order valence-electron chi connectivity index (χ2n) is 6.16. The zero-order valence-corrected chi connectivity index (χ0v) is 17.9. The zero-order chi connectivity index (χ0) is 22.3. The van der Waals surface area contributed by atoms with Crippen molar-refractivity contribution >= 4 is 32.1 Å². The molecule has 2 aromatic rings. The summed E-state index contributed by atoms with van der Waals surface area (Å²) >= 11 is 0. The van der Waals surface area contributed by atoms with E-state index in [4.69, 9.17) is 0 Å². The molecule has 2 heterocycles. The summed E-state index contributed by atoms with van der Waals surface area (Å²) in [6.07, 6.45) is 2.84. The van der Waals surface area contributed by atoms with Crippen molar-refractivity contribution < 1.29 is 30.0 Å². The van der Waals surface area contributed by atoms with Crippen molar-refractivity contribution in [2.45, 2.75) is 40.2 Å². The van der Waals surface area contributed by atoms with Crippen molar-refractivity contribution in [3.63, 3.8) is 0 Å². The maximum atomic E-state index is 12.0. The summed E-state index contributed by atoms with van der Waals surface area (Å²) in [5.74, 6) is -0.214. The van der Waals surface area contributed by atoms with E-state index in [1.807, 2.05) is 0 Å². The molecule has 30 heavy (non-hydrogen) atoms. The molecule has 0 saturated carbocycles. The molecule has 162 valence electrons.